The summed E-state index contributed by atoms with van der Waals surface area (Å²) >= 11 is 0. The van der Waals surface area contributed by atoms with E-state index in [0.29, 0.717) is 0 Å². The van der Waals surface area contributed by atoms with Crippen molar-refractivity contribution in [3.63, 3.8) is 0 Å². The maximum atomic E-state index is 11.9. The van der Waals surface area contributed by atoms with Crippen LogP contribution in [0.25, 0.3) is 0 Å². The molecule has 1 rings (SSSR count). The van der Waals surface area contributed by atoms with Crippen molar-refractivity contribution in [2.75, 3.05) is 20.8 Å². The zero-order chi connectivity index (χ0) is 14.4. The lowest BCUT2D eigenvalue weighted by molar-refractivity contribution is -0.140. The monoisotopic (exact) mass is 269 g/mol. The maximum absolute atomic E-state index is 11.9. The van der Waals surface area contributed by atoms with Crippen LogP contribution in [0.1, 0.15) is 10.4 Å². The van der Waals surface area contributed by atoms with Crippen molar-refractivity contribution in [1.82, 2.24) is 5.32 Å². The fraction of sp³-hybridized carbons (Fsp3) is 0.333. The van der Waals surface area contributed by atoms with E-state index in [0.717, 1.165) is 0 Å². The molecule has 1 aromatic carbocycles. The first-order valence-corrected chi connectivity index (χ1v) is 5.39. The Balaban J connectivity index is 2.91. The Morgan fingerprint density at radius 3 is 2.58 bits per heavy atom. The second-order valence-electron chi connectivity index (χ2n) is 3.68. The Morgan fingerprint density at radius 2 is 2.05 bits per heavy atom. The van der Waals surface area contributed by atoms with Crippen molar-refractivity contribution in [2.24, 2.45) is 0 Å². The highest BCUT2D eigenvalue weighted by molar-refractivity contribution is 5.99. The molecule has 0 saturated carbocycles. The summed E-state index contributed by atoms with van der Waals surface area (Å²) in [6, 6.07) is 3.16. The Bertz CT molecular complexity index is 473. The van der Waals surface area contributed by atoms with Crippen LogP contribution in [0, 0.1) is 0 Å². The van der Waals surface area contributed by atoms with Crippen LogP contribution in [0.2, 0.25) is 0 Å². The smallest absolute Gasteiger partial charge is 0.328 e. The molecule has 1 atom stereocenters. The lowest BCUT2D eigenvalue weighted by Crippen LogP contribution is -2.43. The molecule has 0 aliphatic rings. The first-order chi connectivity index (χ1) is 9.01. The van der Waals surface area contributed by atoms with Gasteiger partial charge in [-0.15, -0.1) is 0 Å². The highest BCUT2D eigenvalue weighted by atomic mass is 16.5. The van der Waals surface area contributed by atoms with E-state index in [-0.39, 0.29) is 23.7 Å². The zero-order valence-corrected chi connectivity index (χ0v) is 10.5. The SMILES string of the molecule is COCC(NC(=O)c1cccc(OC)c1O)C(=O)O. The lowest BCUT2D eigenvalue weighted by atomic mass is 10.1. The van der Waals surface area contributed by atoms with Crippen molar-refractivity contribution in [3.8, 4) is 11.5 Å². The molecule has 0 heterocycles. The first kappa shape index (κ1) is 14.8. The van der Waals surface area contributed by atoms with Gasteiger partial charge in [-0.05, 0) is 12.1 Å². The highest BCUT2D eigenvalue weighted by Crippen LogP contribution is 2.29. The Labute approximate surface area is 109 Å². The predicted molar refractivity (Wildman–Crippen MR) is 65.4 cm³/mol. The van der Waals surface area contributed by atoms with Gasteiger partial charge in [0.1, 0.15) is 0 Å². The number of ether oxygens (including phenoxy) is 2. The number of carbonyl (C=O) groups is 2. The highest BCUT2D eigenvalue weighted by Gasteiger charge is 2.22. The fourth-order valence-corrected chi connectivity index (χ4v) is 1.45. The van der Waals surface area contributed by atoms with E-state index in [1.54, 1.807) is 0 Å². The molecule has 0 aliphatic heterocycles. The number of aromatic hydroxyl groups is 1. The summed E-state index contributed by atoms with van der Waals surface area (Å²) in [5.74, 6) is -2.16. The second-order valence-corrected chi connectivity index (χ2v) is 3.68. The number of amides is 1. The summed E-state index contributed by atoms with van der Waals surface area (Å²) < 4.78 is 9.56. The van der Waals surface area contributed by atoms with Crippen molar-refractivity contribution >= 4 is 11.9 Å². The number of carboxylic acids is 1. The first-order valence-electron chi connectivity index (χ1n) is 5.39. The van der Waals surface area contributed by atoms with Crippen LogP contribution in [0.5, 0.6) is 11.5 Å². The van der Waals surface area contributed by atoms with Gasteiger partial charge in [-0.25, -0.2) is 4.79 Å². The van der Waals surface area contributed by atoms with Crippen LogP contribution in [0.15, 0.2) is 18.2 Å². The maximum Gasteiger partial charge on any atom is 0.328 e. The number of carboxylic acid groups (broad SMARTS) is 1. The van der Waals surface area contributed by atoms with Gasteiger partial charge >= 0.3 is 5.97 Å². The lowest BCUT2D eigenvalue weighted by Gasteiger charge is -2.14. The molecule has 0 spiro atoms. The number of para-hydroxylation sites is 1. The number of nitrogens with one attached hydrogen (secondary N) is 1. The van der Waals surface area contributed by atoms with E-state index in [1.807, 2.05) is 0 Å². The molecule has 0 fully saturated rings. The second kappa shape index (κ2) is 6.60. The van der Waals surface area contributed by atoms with Crippen LogP contribution in [-0.4, -0.2) is 49.0 Å². The number of aliphatic carboxylic acids is 1. The van der Waals surface area contributed by atoms with Gasteiger partial charge in [-0.3, -0.25) is 4.79 Å². The van der Waals surface area contributed by atoms with Crippen LogP contribution in [0.3, 0.4) is 0 Å². The molecule has 3 N–H and O–H groups in total. The average Bonchev–Trinajstić information content (AvgIpc) is 2.38. The molecular weight excluding hydrogens is 254 g/mol. The molecule has 0 aliphatic carbocycles. The average molecular weight is 269 g/mol. The molecular formula is C12H15NO6. The van der Waals surface area contributed by atoms with Crippen LogP contribution >= 0.6 is 0 Å². The van der Waals surface area contributed by atoms with Crippen molar-refractivity contribution in [3.05, 3.63) is 23.8 Å². The van der Waals surface area contributed by atoms with Gasteiger partial charge in [0.2, 0.25) is 0 Å². The molecule has 0 bridgehead atoms. The molecule has 19 heavy (non-hydrogen) atoms. The number of phenolic OH excluding ortho intramolecular Hbond substituents is 1. The van der Waals surface area contributed by atoms with Gasteiger partial charge in [0, 0.05) is 7.11 Å². The third-order valence-corrected chi connectivity index (χ3v) is 2.40. The minimum Gasteiger partial charge on any atom is -0.504 e. The van der Waals surface area contributed by atoms with E-state index in [9.17, 15) is 14.7 Å². The number of hydrogen-bond acceptors (Lipinski definition) is 5. The number of carbonyl (C=O) groups excluding carboxylic acids is 1. The summed E-state index contributed by atoms with van der Waals surface area (Å²) in [4.78, 5) is 22.8. The molecule has 0 saturated heterocycles. The quantitative estimate of drug-likeness (QED) is 0.682. The van der Waals surface area contributed by atoms with Crippen LogP contribution in [-0.2, 0) is 9.53 Å². The predicted octanol–water partition coefficient (Wildman–Crippen LogP) is 0.230. The van der Waals surface area contributed by atoms with Crippen molar-refractivity contribution in [2.45, 2.75) is 6.04 Å². The molecule has 7 heteroatoms. The summed E-state index contributed by atoms with van der Waals surface area (Å²) in [5, 5.41) is 20.9. The van der Waals surface area contributed by atoms with Crippen LogP contribution < -0.4 is 10.1 Å². The van der Waals surface area contributed by atoms with E-state index in [2.05, 4.69) is 5.32 Å². The Kier molecular flexibility index (Phi) is 5.13. The number of rotatable bonds is 6. The zero-order valence-electron chi connectivity index (χ0n) is 10.5. The number of benzene rings is 1. The molecule has 104 valence electrons. The molecule has 7 nitrogen and oxygen atoms in total. The van der Waals surface area contributed by atoms with Gasteiger partial charge in [0.15, 0.2) is 17.5 Å². The third-order valence-electron chi connectivity index (χ3n) is 2.40. The van der Waals surface area contributed by atoms with E-state index >= 15 is 0 Å². The summed E-state index contributed by atoms with van der Waals surface area (Å²) in [6.45, 7) is -0.175. The third kappa shape index (κ3) is 3.59. The molecule has 0 radical (unpaired) electrons. The standard InChI is InChI=1S/C12H15NO6/c1-18-6-8(12(16)17)13-11(15)7-4-3-5-9(19-2)10(7)14/h3-5,8,14H,6H2,1-2H3,(H,13,15)(H,16,17). The van der Waals surface area contributed by atoms with Crippen LogP contribution in [0.4, 0.5) is 0 Å². The summed E-state index contributed by atoms with van der Waals surface area (Å²) in [5.41, 5.74) is -0.0679. The van der Waals surface area contributed by atoms with Crippen molar-refractivity contribution < 1.29 is 29.3 Å². The minimum absolute atomic E-state index is 0.0679. The largest absolute Gasteiger partial charge is 0.504 e. The molecule has 1 amide bonds. The number of phenols is 1. The van der Waals surface area contributed by atoms with Gasteiger partial charge in [0.05, 0.1) is 19.3 Å². The van der Waals surface area contributed by atoms with E-state index < -0.39 is 17.9 Å². The number of methoxy groups -OCH3 is 2. The van der Waals surface area contributed by atoms with Gasteiger partial charge in [0.25, 0.3) is 5.91 Å². The minimum atomic E-state index is -1.22. The van der Waals surface area contributed by atoms with Gasteiger partial charge in [-0.2, -0.15) is 0 Å². The topological polar surface area (TPSA) is 105 Å². The summed E-state index contributed by atoms with van der Waals surface area (Å²) in [6.07, 6.45) is 0. The van der Waals surface area contributed by atoms with Crippen molar-refractivity contribution in [1.29, 1.82) is 0 Å². The van der Waals surface area contributed by atoms with Gasteiger partial charge in [-0.1, -0.05) is 6.07 Å². The van der Waals surface area contributed by atoms with E-state index in [4.69, 9.17) is 14.6 Å². The van der Waals surface area contributed by atoms with E-state index in [1.165, 1.54) is 32.4 Å². The normalized spacial score (nSPS) is 11.7. The summed E-state index contributed by atoms with van der Waals surface area (Å²) in [7, 11) is 2.67. The molecule has 1 aromatic rings. The Morgan fingerprint density at radius 1 is 1.37 bits per heavy atom. The Hall–Kier alpha value is -2.28. The fourth-order valence-electron chi connectivity index (χ4n) is 1.45. The molecule has 1 unspecified atom stereocenters. The molecule has 0 aromatic heterocycles. The van der Waals surface area contributed by atoms with Gasteiger partial charge < -0.3 is 25.0 Å². The number of hydrogen-bond donors (Lipinski definition) is 3.